The zero-order valence-electron chi connectivity index (χ0n) is 6.21. The van der Waals surface area contributed by atoms with Crippen LogP contribution in [0.4, 0.5) is 0 Å². The average molecular weight is 216 g/mol. The molecule has 0 atom stereocenters. The molecule has 0 radical (unpaired) electrons. The highest BCUT2D eigenvalue weighted by Crippen LogP contribution is 2.23. The summed E-state index contributed by atoms with van der Waals surface area (Å²) in [5.74, 6) is 0. The van der Waals surface area contributed by atoms with E-state index in [1.165, 1.54) is 12.5 Å². The molecule has 1 N–H and O–H groups in total. The molecule has 0 spiro atoms. The van der Waals surface area contributed by atoms with Crippen LogP contribution in [-0.4, -0.2) is 20.2 Å². The van der Waals surface area contributed by atoms with Crippen molar-refractivity contribution in [2.75, 3.05) is 0 Å². The Labute approximate surface area is 82.9 Å². The molecular weight excluding hydrogens is 213 g/mol. The Morgan fingerprint density at radius 3 is 2.92 bits per heavy atom. The van der Waals surface area contributed by atoms with Gasteiger partial charge in [0.05, 0.1) is 10.9 Å². The van der Waals surface area contributed by atoms with Gasteiger partial charge < -0.3 is 4.98 Å². The van der Waals surface area contributed by atoms with Crippen LogP contribution < -0.4 is 0 Å². The first-order valence-electron chi connectivity index (χ1n) is 3.37. The van der Waals surface area contributed by atoms with Crippen LogP contribution in [0.5, 0.6) is 0 Å². The molecule has 0 bridgehead atoms. The van der Waals surface area contributed by atoms with E-state index in [4.69, 9.17) is 23.2 Å². The van der Waals surface area contributed by atoms with Gasteiger partial charge in [-0.25, -0.2) is 9.97 Å². The number of halogens is 2. The summed E-state index contributed by atoms with van der Waals surface area (Å²) in [6, 6.07) is 0. The number of carbonyl (C=O) groups excluding carboxylic acids is 1. The van der Waals surface area contributed by atoms with Gasteiger partial charge in [0.25, 0.3) is 5.24 Å². The molecule has 0 aliphatic rings. The van der Waals surface area contributed by atoms with E-state index in [9.17, 15) is 4.79 Å². The van der Waals surface area contributed by atoms with E-state index in [2.05, 4.69) is 15.0 Å². The van der Waals surface area contributed by atoms with Crippen molar-refractivity contribution in [3.63, 3.8) is 0 Å². The summed E-state index contributed by atoms with van der Waals surface area (Å²) >= 11 is 11.1. The maximum atomic E-state index is 10.9. The van der Waals surface area contributed by atoms with E-state index in [0.29, 0.717) is 16.6 Å². The number of aromatic nitrogens is 3. The maximum absolute atomic E-state index is 10.9. The van der Waals surface area contributed by atoms with Crippen molar-refractivity contribution in [1.82, 2.24) is 15.0 Å². The van der Waals surface area contributed by atoms with E-state index in [-0.39, 0.29) is 5.15 Å². The predicted molar refractivity (Wildman–Crippen MR) is 49.1 cm³/mol. The van der Waals surface area contributed by atoms with Gasteiger partial charge in [-0.2, -0.15) is 0 Å². The normalized spacial score (nSPS) is 10.6. The lowest BCUT2D eigenvalue weighted by Gasteiger charge is -1.92. The third-order valence-electron chi connectivity index (χ3n) is 1.64. The summed E-state index contributed by atoms with van der Waals surface area (Å²) in [6.07, 6.45) is 2.77. The number of hydrogen-bond donors (Lipinski definition) is 1. The van der Waals surface area contributed by atoms with Gasteiger partial charge in [0, 0.05) is 6.20 Å². The van der Waals surface area contributed by atoms with Crippen molar-refractivity contribution in [2.45, 2.75) is 0 Å². The van der Waals surface area contributed by atoms with Crippen molar-refractivity contribution in [3.05, 3.63) is 23.2 Å². The standard InChI is InChI=1S/C7H3Cl2N3O/c8-5-4-3(6(9)13)1-10-7(4)12-2-11-5/h1-2H,(H,10,11,12). The van der Waals surface area contributed by atoms with Gasteiger partial charge in [0.2, 0.25) is 0 Å². The number of hydrogen-bond acceptors (Lipinski definition) is 3. The van der Waals surface area contributed by atoms with E-state index >= 15 is 0 Å². The van der Waals surface area contributed by atoms with Gasteiger partial charge in [-0.05, 0) is 11.6 Å². The molecule has 66 valence electrons. The molecule has 0 saturated carbocycles. The molecule has 0 amide bonds. The Hall–Kier alpha value is -1.13. The van der Waals surface area contributed by atoms with Crippen LogP contribution in [0, 0.1) is 0 Å². The van der Waals surface area contributed by atoms with E-state index < -0.39 is 5.24 Å². The van der Waals surface area contributed by atoms with Crippen LogP contribution >= 0.6 is 23.2 Å². The Bertz CT molecular complexity index is 480. The summed E-state index contributed by atoms with van der Waals surface area (Å²) in [7, 11) is 0. The van der Waals surface area contributed by atoms with E-state index in [1.54, 1.807) is 0 Å². The first-order valence-corrected chi connectivity index (χ1v) is 4.13. The number of aromatic amines is 1. The molecular formula is C7H3Cl2N3O. The molecule has 0 fully saturated rings. The Morgan fingerprint density at radius 2 is 2.23 bits per heavy atom. The zero-order valence-corrected chi connectivity index (χ0v) is 7.73. The predicted octanol–water partition coefficient (Wildman–Crippen LogP) is 1.99. The SMILES string of the molecule is O=C(Cl)c1c[nH]c2ncnc(Cl)c12. The lowest BCUT2D eigenvalue weighted by Crippen LogP contribution is -1.88. The van der Waals surface area contributed by atoms with Crippen molar-refractivity contribution in [3.8, 4) is 0 Å². The van der Waals surface area contributed by atoms with Crippen LogP contribution in [0.1, 0.15) is 10.4 Å². The van der Waals surface area contributed by atoms with Gasteiger partial charge in [-0.1, -0.05) is 11.6 Å². The summed E-state index contributed by atoms with van der Waals surface area (Å²) in [4.78, 5) is 21.3. The summed E-state index contributed by atoms with van der Waals surface area (Å²) in [5, 5.41) is 0.0994. The lowest BCUT2D eigenvalue weighted by atomic mass is 10.3. The minimum Gasteiger partial charge on any atom is -0.345 e. The maximum Gasteiger partial charge on any atom is 0.254 e. The van der Waals surface area contributed by atoms with Crippen LogP contribution in [0.15, 0.2) is 12.5 Å². The molecule has 4 nitrogen and oxygen atoms in total. The Morgan fingerprint density at radius 1 is 1.46 bits per heavy atom. The molecule has 0 unspecified atom stereocenters. The number of carbonyl (C=O) groups is 1. The molecule has 13 heavy (non-hydrogen) atoms. The third-order valence-corrected chi connectivity index (χ3v) is 2.13. The van der Waals surface area contributed by atoms with Crippen molar-refractivity contribution in [2.24, 2.45) is 0 Å². The van der Waals surface area contributed by atoms with Crippen molar-refractivity contribution >= 4 is 39.5 Å². The number of rotatable bonds is 1. The highest BCUT2D eigenvalue weighted by molar-refractivity contribution is 6.68. The second-order valence-corrected chi connectivity index (χ2v) is 3.07. The second kappa shape index (κ2) is 2.97. The van der Waals surface area contributed by atoms with Crippen LogP contribution in [0.3, 0.4) is 0 Å². The third kappa shape index (κ3) is 1.28. The molecule has 0 saturated heterocycles. The van der Waals surface area contributed by atoms with Gasteiger partial charge >= 0.3 is 0 Å². The monoisotopic (exact) mass is 215 g/mol. The van der Waals surface area contributed by atoms with E-state index in [0.717, 1.165) is 0 Å². The minimum absolute atomic E-state index is 0.218. The molecule has 6 heteroatoms. The molecule has 0 aliphatic heterocycles. The fourth-order valence-electron chi connectivity index (χ4n) is 1.08. The summed E-state index contributed by atoms with van der Waals surface area (Å²) in [5.41, 5.74) is 0.797. The first-order chi connectivity index (χ1) is 6.20. The minimum atomic E-state index is -0.581. The average Bonchev–Trinajstić information content (AvgIpc) is 2.49. The number of H-pyrrole nitrogens is 1. The van der Waals surface area contributed by atoms with Gasteiger partial charge in [0.1, 0.15) is 17.1 Å². The topological polar surface area (TPSA) is 58.6 Å². The first kappa shape index (κ1) is 8.47. The Balaban J connectivity index is 2.86. The zero-order chi connectivity index (χ0) is 9.42. The molecule has 2 heterocycles. The summed E-state index contributed by atoms with van der Waals surface area (Å²) in [6.45, 7) is 0. The smallest absolute Gasteiger partial charge is 0.254 e. The van der Waals surface area contributed by atoms with Crippen molar-refractivity contribution < 1.29 is 4.79 Å². The molecule has 2 aromatic heterocycles. The number of nitrogens with one attached hydrogen (secondary N) is 1. The van der Waals surface area contributed by atoms with Gasteiger partial charge in [-0.15, -0.1) is 0 Å². The molecule has 0 aromatic carbocycles. The quantitative estimate of drug-likeness (QED) is 0.585. The van der Waals surface area contributed by atoms with Gasteiger partial charge in [0.15, 0.2) is 0 Å². The molecule has 2 aromatic rings. The second-order valence-electron chi connectivity index (χ2n) is 2.36. The van der Waals surface area contributed by atoms with Crippen LogP contribution in [0.2, 0.25) is 5.15 Å². The number of fused-ring (bicyclic) bond motifs is 1. The fraction of sp³-hybridized carbons (Fsp3) is 0. The van der Waals surface area contributed by atoms with Gasteiger partial charge in [-0.3, -0.25) is 4.79 Å². The van der Waals surface area contributed by atoms with Crippen LogP contribution in [0.25, 0.3) is 11.0 Å². The van der Waals surface area contributed by atoms with Crippen LogP contribution in [-0.2, 0) is 0 Å². The molecule has 2 rings (SSSR count). The Kier molecular flexibility index (Phi) is 1.94. The van der Waals surface area contributed by atoms with Crippen molar-refractivity contribution in [1.29, 1.82) is 0 Å². The fourth-order valence-corrected chi connectivity index (χ4v) is 1.46. The highest BCUT2D eigenvalue weighted by atomic mass is 35.5. The largest absolute Gasteiger partial charge is 0.345 e. The highest BCUT2D eigenvalue weighted by Gasteiger charge is 2.13. The summed E-state index contributed by atoms with van der Waals surface area (Å²) < 4.78 is 0. The lowest BCUT2D eigenvalue weighted by molar-refractivity contribution is 0.108. The van der Waals surface area contributed by atoms with E-state index in [1.807, 2.05) is 0 Å². The molecule has 0 aliphatic carbocycles. The number of nitrogens with zero attached hydrogens (tertiary/aromatic N) is 2.